The van der Waals surface area contributed by atoms with Crippen LogP contribution in [-0.2, 0) is 14.4 Å². The number of nitrogens with one attached hydrogen (secondary N) is 3. The fraction of sp³-hybridized carbons (Fsp3) is 0.273. The first-order valence-electron chi connectivity index (χ1n) is 9.61. The Hall–Kier alpha value is -3.68. The van der Waals surface area contributed by atoms with Crippen LogP contribution in [0.25, 0.3) is 0 Å². The molecule has 30 heavy (non-hydrogen) atoms. The normalized spacial score (nSPS) is 11.6. The molecular weight excluding hydrogens is 384 g/mol. The maximum atomic E-state index is 12.1. The molecule has 0 saturated heterocycles. The van der Waals surface area contributed by atoms with E-state index in [0.29, 0.717) is 11.3 Å². The highest BCUT2D eigenvalue weighted by atomic mass is 16.5. The lowest BCUT2D eigenvalue weighted by Crippen LogP contribution is -2.41. The van der Waals surface area contributed by atoms with E-state index in [-0.39, 0.29) is 18.6 Å². The number of anilines is 1. The first-order chi connectivity index (χ1) is 14.4. The number of hydrogen-bond donors (Lipinski definition) is 3. The number of amides is 3. The second kappa shape index (κ2) is 11.4. The second-order valence-electron chi connectivity index (χ2n) is 6.71. The van der Waals surface area contributed by atoms with Crippen LogP contribution in [0, 0.1) is 6.92 Å². The zero-order chi connectivity index (χ0) is 21.9. The van der Waals surface area contributed by atoms with Crippen LogP contribution in [0.5, 0.6) is 5.75 Å². The Morgan fingerprint density at radius 1 is 1.10 bits per heavy atom. The molecule has 0 heterocycles. The zero-order valence-electron chi connectivity index (χ0n) is 17.3. The lowest BCUT2D eigenvalue weighted by molar-refractivity contribution is -0.139. The van der Waals surface area contributed by atoms with E-state index in [2.05, 4.69) is 21.2 Å². The van der Waals surface area contributed by atoms with E-state index in [0.717, 1.165) is 17.7 Å². The minimum atomic E-state index is -0.841. The number of hydrogen-bond acceptors (Lipinski definition) is 5. The summed E-state index contributed by atoms with van der Waals surface area (Å²) in [5, 5.41) is 9.12. The smallest absolute Gasteiger partial charge is 0.329 e. The molecule has 0 radical (unpaired) electrons. The largest absolute Gasteiger partial charge is 0.484 e. The van der Waals surface area contributed by atoms with Gasteiger partial charge in [-0.25, -0.2) is 5.43 Å². The third-order valence-electron chi connectivity index (χ3n) is 4.22. The quantitative estimate of drug-likeness (QED) is 0.353. The number of nitrogens with zero attached hydrogens (tertiary/aromatic N) is 1. The van der Waals surface area contributed by atoms with Crippen molar-refractivity contribution in [1.29, 1.82) is 0 Å². The molecular formula is C22H26N4O4. The van der Waals surface area contributed by atoms with Gasteiger partial charge in [0.25, 0.3) is 5.91 Å². The zero-order valence-corrected chi connectivity index (χ0v) is 17.3. The number of carbonyl (C=O) groups is 3. The van der Waals surface area contributed by atoms with E-state index in [1.165, 1.54) is 6.21 Å². The molecule has 0 unspecified atom stereocenters. The van der Waals surface area contributed by atoms with Crippen LogP contribution in [0.15, 0.2) is 53.6 Å². The minimum absolute atomic E-state index is 0.0935. The van der Waals surface area contributed by atoms with Gasteiger partial charge in [0.2, 0.25) is 0 Å². The Bertz CT molecular complexity index is 927. The van der Waals surface area contributed by atoms with Crippen molar-refractivity contribution in [3.05, 3.63) is 59.7 Å². The van der Waals surface area contributed by atoms with Crippen molar-refractivity contribution in [3.8, 4) is 5.75 Å². The number of para-hydroxylation sites is 1. The SMILES string of the molecule is CC[C@@H](C)NC(=O)C(=O)N/N=C\c1cccc(OCC(=O)Nc2ccccc2C)c1. The maximum Gasteiger partial charge on any atom is 0.329 e. The molecule has 2 aromatic rings. The monoisotopic (exact) mass is 410 g/mol. The molecule has 0 bridgehead atoms. The van der Waals surface area contributed by atoms with Crippen LogP contribution in [0.4, 0.5) is 5.69 Å². The van der Waals surface area contributed by atoms with Crippen molar-refractivity contribution in [3.63, 3.8) is 0 Å². The van der Waals surface area contributed by atoms with Crippen LogP contribution < -0.4 is 20.8 Å². The average Bonchev–Trinajstić information content (AvgIpc) is 2.74. The first kappa shape index (κ1) is 22.6. The van der Waals surface area contributed by atoms with E-state index in [1.54, 1.807) is 31.2 Å². The summed E-state index contributed by atoms with van der Waals surface area (Å²) < 4.78 is 5.52. The summed E-state index contributed by atoms with van der Waals surface area (Å²) in [6.07, 6.45) is 2.10. The molecule has 2 aromatic carbocycles. The number of carbonyl (C=O) groups excluding carboxylic acids is 3. The van der Waals surface area contributed by atoms with Gasteiger partial charge in [0, 0.05) is 11.7 Å². The van der Waals surface area contributed by atoms with Crippen LogP contribution in [-0.4, -0.2) is 36.6 Å². The molecule has 3 N–H and O–H groups in total. The Morgan fingerprint density at radius 3 is 2.60 bits per heavy atom. The topological polar surface area (TPSA) is 109 Å². The Kier molecular flexibility index (Phi) is 8.56. The molecule has 0 aliphatic heterocycles. The Morgan fingerprint density at radius 2 is 1.87 bits per heavy atom. The van der Waals surface area contributed by atoms with E-state index in [4.69, 9.17) is 4.74 Å². The summed E-state index contributed by atoms with van der Waals surface area (Å²) in [6.45, 7) is 5.47. The minimum Gasteiger partial charge on any atom is -0.484 e. The average molecular weight is 410 g/mol. The van der Waals surface area contributed by atoms with Gasteiger partial charge < -0.3 is 15.4 Å². The van der Waals surface area contributed by atoms with E-state index < -0.39 is 11.8 Å². The highest BCUT2D eigenvalue weighted by Gasteiger charge is 2.14. The molecule has 0 spiro atoms. The van der Waals surface area contributed by atoms with Gasteiger partial charge in [-0.2, -0.15) is 5.10 Å². The molecule has 8 heteroatoms. The lowest BCUT2D eigenvalue weighted by atomic mass is 10.2. The van der Waals surface area contributed by atoms with Crippen LogP contribution in [0.1, 0.15) is 31.4 Å². The number of rotatable bonds is 8. The summed E-state index contributed by atoms with van der Waals surface area (Å²) in [4.78, 5) is 35.4. The maximum absolute atomic E-state index is 12.1. The molecule has 1 atom stereocenters. The Labute approximate surface area is 175 Å². The highest BCUT2D eigenvalue weighted by Crippen LogP contribution is 2.14. The van der Waals surface area contributed by atoms with E-state index in [1.807, 2.05) is 38.1 Å². The van der Waals surface area contributed by atoms with Gasteiger partial charge >= 0.3 is 11.8 Å². The molecule has 0 aliphatic carbocycles. The number of ether oxygens (including phenoxy) is 1. The molecule has 2 rings (SSSR count). The summed E-state index contributed by atoms with van der Waals surface area (Å²) in [5.74, 6) is -1.38. The van der Waals surface area contributed by atoms with Crippen LogP contribution >= 0.6 is 0 Å². The molecule has 3 amide bonds. The molecule has 158 valence electrons. The molecule has 0 aromatic heterocycles. The van der Waals surface area contributed by atoms with Crippen molar-refractivity contribution >= 4 is 29.6 Å². The summed E-state index contributed by atoms with van der Waals surface area (Å²) in [7, 11) is 0. The van der Waals surface area contributed by atoms with Gasteiger partial charge in [-0.3, -0.25) is 14.4 Å². The number of benzene rings is 2. The highest BCUT2D eigenvalue weighted by molar-refractivity contribution is 6.35. The summed E-state index contributed by atoms with van der Waals surface area (Å²) in [6, 6.07) is 14.2. The third kappa shape index (κ3) is 7.38. The predicted octanol–water partition coefficient (Wildman–Crippen LogP) is 2.38. The van der Waals surface area contributed by atoms with Crippen molar-refractivity contribution in [1.82, 2.24) is 10.7 Å². The van der Waals surface area contributed by atoms with Gasteiger partial charge in [0.1, 0.15) is 5.75 Å². The molecule has 0 saturated carbocycles. The molecule has 8 nitrogen and oxygen atoms in total. The lowest BCUT2D eigenvalue weighted by Gasteiger charge is -2.10. The van der Waals surface area contributed by atoms with Gasteiger partial charge in [-0.15, -0.1) is 0 Å². The third-order valence-corrected chi connectivity index (χ3v) is 4.22. The fourth-order valence-corrected chi connectivity index (χ4v) is 2.34. The summed E-state index contributed by atoms with van der Waals surface area (Å²) >= 11 is 0. The van der Waals surface area contributed by atoms with E-state index >= 15 is 0 Å². The van der Waals surface area contributed by atoms with E-state index in [9.17, 15) is 14.4 Å². The number of aryl methyl sites for hydroxylation is 1. The standard InChI is InChI=1S/C22H26N4O4/c1-4-16(3)24-21(28)22(29)26-23-13-17-9-7-10-18(12-17)30-14-20(27)25-19-11-6-5-8-15(19)2/h5-13,16H,4,14H2,1-3H3,(H,24,28)(H,25,27)(H,26,29)/b23-13-/t16-/m1/s1. The fourth-order valence-electron chi connectivity index (χ4n) is 2.34. The number of hydrazone groups is 1. The van der Waals surface area contributed by atoms with Crippen molar-refractivity contribution in [2.24, 2.45) is 5.10 Å². The molecule has 0 fully saturated rings. The van der Waals surface area contributed by atoms with Gasteiger partial charge in [-0.1, -0.05) is 37.3 Å². The summed E-state index contributed by atoms with van der Waals surface area (Å²) in [5.41, 5.74) is 4.51. The van der Waals surface area contributed by atoms with Crippen molar-refractivity contribution < 1.29 is 19.1 Å². The predicted molar refractivity (Wildman–Crippen MR) is 115 cm³/mol. The Balaban J connectivity index is 1.84. The van der Waals surface area contributed by atoms with Crippen LogP contribution in [0.2, 0.25) is 0 Å². The first-order valence-corrected chi connectivity index (χ1v) is 9.61. The van der Waals surface area contributed by atoms with Crippen molar-refractivity contribution in [2.45, 2.75) is 33.2 Å². The second-order valence-corrected chi connectivity index (χ2v) is 6.71. The van der Waals surface area contributed by atoms with Gasteiger partial charge in [-0.05, 0) is 49.6 Å². The van der Waals surface area contributed by atoms with Gasteiger partial charge in [0.15, 0.2) is 6.61 Å². The van der Waals surface area contributed by atoms with Crippen molar-refractivity contribution in [2.75, 3.05) is 11.9 Å². The van der Waals surface area contributed by atoms with Crippen LogP contribution in [0.3, 0.4) is 0 Å². The molecule has 0 aliphatic rings. The van der Waals surface area contributed by atoms with Gasteiger partial charge in [0.05, 0.1) is 6.21 Å².